The van der Waals surface area contributed by atoms with Crippen LogP contribution in [0.3, 0.4) is 0 Å². The quantitative estimate of drug-likeness (QED) is 0.777. The van der Waals surface area contributed by atoms with Gasteiger partial charge in [0.2, 0.25) is 0 Å². The lowest BCUT2D eigenvalue weighted by molar-refractivity contribution is -0.146. The Balaban J connectivity index is 2.07. The molecular formula is C18H27NO2. The second-order valence-electron chi connectivity index (χ2n) is 6.16. The molecule has 0 aliphatic carbocycles. The van der Waals surface area contributed by atoms with Gasteiger partial charge in [0.25, 0.3) is 0 Å². The van der Waals surface area contributed by atoms with Gasteiger partial charge in [0.15, 0.2) is 0 Å². The van der Waals surface area contributed by atoms with Gasteiger partial charge < -0.3 is 4.74 Å². The third kappa shape index (κ3) is 4.31. The lowest BCUT2D eigenvalue weighted by atomic mass is 9.80. The van der Waals surface area contributed by atoms with E-state index in [1.807, 2.05) is 13.0 Å². The normalized spacial score (nSPS) is 26.5. The molecule has 116 valence electrons. The van der Waals surface area contributed by atoms with Gasteiger partial charge in [0, 0.05) is 12.6 Å². The maximum absolute atomic E-state index is 11.9. The van der Waals surface area contributed by atoms with Crippen LogP contribution in [0.4, 0.5) is 0 Å². The van der Waals surface area contributed by atoms with Crippen molar-refractivity contribution in [1.82, 2.24) is 4.90 Å². The molecule has 2 rings (SSSR count). The molecule has 0 saturated carbocycles. The maximum atomic E-state index is 11.9. The topological polar surface area (TPSA) is 29.5 Å². The molecule has 0 unspecified atom stereocenters. The molecule has 0 aromatic heterocycles. The van der Waals surface area contributed by atoms with Gasteiger partial charge in [0.1, 0.15) is 0 Å². The second kappa shape index (κ2) is 7.60. The van der Waals surface area contributed by atoms with Crippen molar-refractivity contribution in [2.24, 2.45) is 11.8 Å². The minimum absolute atomic E-state index is 0.0680. The van der Waals surface area contributed by atoms with E-state index >= 15 is 0 Å². The van der Waals surface area contributed by atoms with Gasteiger partial charge in [-0.25, -0.2) is 0 Å². The van der Waals surface area contributed by atoms with Gasteiger partial charge in [-0.05, 0) is 37.3 Å². The first-order valence-electron chi connectivity index (χ1n) is 8.05. The number of ether oxygens (including phenoxy) is 1. The van der Waals surface area contributed by atoms with Crippen molar-refractivity contribution in [2.75, 3.05) is 13.2 Å². The molecule has 1 aliphatic heterocycles. The zero-order valence-electron chi connectivity index (χ0n) is 13.4. The molecule has 1 aromatic rings. The van der Waals surface area contributed by atoms with Crippen LogP contribution in [0.15, 0.2) is 30.3 Å². The Morgan fingerprint density at radius 2 is 2.00 bits per heavy atom. The van der Waals surface area contributed by atoms with E-state index in [1.165, 1.54) is 12.0 Å². The molecule has 0 spiro atoms. The first-order chi connectivity index (χ1) is 10.1. The van der Waals surface area contributed by atoms with Crippen molar-refractivity contribution in [1.29, 1.82) is 0 Å². The number of piperidine rings is 1. The molecule has 1 aliphatic rings. The lowest BCUT2D eigenvalue weighted by Gasteiger charge is -2.43. The number of hydrogen-bond acceptors (Lipinski definition) is 3. The number of hydrogen-bond donors (Lipinski definition) is 0. The van der Waals surface area contributed by atoms with E-state index in [9.17, 15) is 4.79 Å². The van der Waals surface area contributed by atoms with Crippen molar-refractivity contribution in [2.45, 2.75) is 46.2 Å². The fourth-order valence-electron chi connectivity index (χ4n) is 3.23. The summed E-state index contributed by atoms with van der Waals surface area (Å²) in [5, 5.41) is 0. The van der Waals surface area contributed by atoms with Gasteiger partial charge in [-0.2, -0.15) is 0 Å². The molecule has 3 heteroatoms. The van der Waals surface area contributed by atoms with Crippen molar-refractivity contribution >= 4 is 5.97 Å². The highest BCUT2D eigenvalue weighted by Crippen LogP contribution is 2.31. The predicted molar refractivity (Wildman–Crippen MR) is 84.8 cm³/mol. The van der Waals surface area contributed by atoms with Crippen LogP contribution in [0.5, 0.6) is 0 Å². The Hall–Kier alpha value is -1.35. The van der Waals surface area contributed by atoms with Crippen molar-refractivity contribution in [3.63, 3.8) is 0 Å². The monoisotopic (exact) mass is 289 g/mol. The Labute approximate surface area is 128 Å². The van der Waals surface area contributed by atoms with Gasteiger partial charge >= 0.3 is 5.97 Å². The Kier molecular flexibility index (Phi) is 5.80. The third-order valence-electron chi connectivity index (χ3n) is 4.75. The summed E-state index contributed by atoms with van der Waals surface area (Å²) < 4.78 is 5.16. The first kappa shape index (κ1) is 16.0. The predicted octanol–water partition coefficient (Wildman–Crippen LogP) is 3.49. The van der Waals surface area contributed by atoms with Gasteiger partial charge in [-0.3, -0.25) is 9.69 Å². The average Bonchev–Trinajstić information content (AvgIpc) is 2.48. The summed E-state index contributed by atoms with van der Waals surface area (Å²) in [6.45, 7) is 8.88. The second-order valence-corrected chi connectivity index (χ2v) is 6.16. The molecule has 3 atom stereocenters. The zero-order chi connectivity index (χ0) is 15.2. The zero-order valence-corrected chi connectivity index (χ0v) is 13.4. The smallest absolute Gasteiger partial charge is 0.307 e. The van der Waals surface area contributed by atoms with E-state index in [-0.39, 0.29) is 12.0 Å². The summed E-state index contributed by atoms with van der Waals surface area (Å²) >= 11 is 0. The highest BCUT2D eigenvalue weighted by Gasteiger charge is 2.34. The highest BCUT2D eigenvalue weighted by molar-refractivity contribution is 5.70. The molecule has 1 fully saturated rings. The van der Waals surface area contributed by atoms with E-state index in [0.29, 0.717) is 24.9 Å². The van der Waals surface area contributed by atoms with Crippen LogP contribution in [-0.2, 0) is 16.1 Å². The lowest BCUT2D eigenvalue weighted by Crippen LogP contribution is -2.48. The minimum Gasteiger partial charge on any atom is -0.466 e. The van der Waals surface area contributed by atoms with Crippen LogP contribution < -0.4 is 0 Å². The number of esters is 1. The van der Waals surface area contributed by atoms with Gasteiger partial charge in [-0.15, -0.1) is 0 Å². The molecule has 0 N–H and O–H groups in total. The number of benzene rings is 1. The Morgan fingerprint density at radius 3 is 2.67 bits per heavy atom. The Morgan fingerprint density at radius 1 is 1.29 bits per heavy atom. The highest BCUT2D eigenvalue weighted by atomic mass is 16.5. The van der Waals surface area contributed by atoms with E-state index < -0.39 is 0 Å². The number of likely N-dealkylation sites (tertiary alicyclic amines) is 1. The largest absolute Gasteiger partial charge is 0.466 e. The third-order valence-corrected chi connectivity index (χ3v) is 4.75. The fourth-order valence-corrected chi connectivity index (χ4v) is 3.23. The summed E-state index contributed by atoms with van der Waals surface area (Å²) in [5.41, 5.74) is 1.31. The number of carbonyl (C=O) groups is 1. The summed E-state index contributed by atoms with van der Waals surface area (Å²) in [6.07, 6.45) is 1.71. The van der Waals surface area contributed by atoms with Crippen molar-refractivity contribution in [3.8, 4) is 0 Å². The van der Waals surface area contributed by atoms with E-state index in [0.717, 1.165) is 13.1 Å². The van der Waals surface area contributed by atoms with Crippen LogP contribution in [0.2, 0.25) is 0 Å². The number of nitrogens with zero attached hydrogens (tertiary/aromatic N) is 1. The van der Waals surface area contributed by atoms with E-state index in [2.05, 4.69) is 43.0 Å². The van der Waals surface area contributed by atoms with Crippen LogP contribution in [0.1, 0.15) is 39.2 Å². The minimum atomic E-state index is -0.0680. The molecular weight excluding hydrogens is 262 g/mol. The molecule has 0 amide bonds. The van der Waals surface area contributed by atoms with Crippen LogP contribution >= 0.6 is 0 Å². The Bertz CT molecular complexity index is 446. The van der Waals surface area contributed by atoms with E-state index in [1.54, 1.807) is 0 Å². The summed E-state index contributed by atoms with van der Waals surface area (Å²) in [6, 6.07) is 10.8. The number of carbonyl (C=O) groups excluding carboxylic acids is 1. The van der Waals surface area contributed by atoms with Gasteiger partial charge in [-0.1, -0.05) is 44.2 Å². The van der Waals surface area contributed by atoms with Crippen molar-refractivity contribution < 1.29 is 9.53 Å². The molecule has 1 aromatic carbocycles. The van der Waals surface area contributed by atoms with Crippen molar-refractivity contribution in [3.05, 3.63) is 35.9 Å². The van der Waals surface area contributed by atoms with Crippen LogP contribution in [0.25, 0.3) is 0 Å². The molecule has 21 heavy (non-hydrogen) atoms. The molecule has 1 heterocycles. The van der Waals surface area contributed by atoms with E-state index in [4.69, 9.17) is 4.74 Å². The summed E-state index contributed by atoms with van der Waals surface area (Å²) in [5.74, 6) is 1.12. The molecule has 3 nitrogen and oxygen atoms in total. The standard InChI is InChI=1S/C18H27NO2/c1-4-21-18(20)12-17-15(3)14(2)10-11-19(17)13-16-8-6-5-7-9-16/h5-9,14-15,17H,4,10-13H2,1-3H3/t14-,15-,17+/m1/s1. The summed E-state index contributed by atoms with van der Waals surface area (Å²) in [7, 11) is 0. The molecule has 0 radical (unpaired) electrons. The fraction of sp³-hybridized carbons (Fsp3) is 0.611. The van der Waals surface area contributed by atoms with Crippen LogP contribution in [0, 0.1) is 11.8 Å². The average molecular weight is 289 g/mol. The SMILES string of the molecule is CCOC(=O)C[C@H]1[C@H](C)[C@H](C)CCN1Cc1ccccc1. The maximum Gasteiger partial charge on any atom is 0.307 e. The molecule has 0 bridgehead atoms. The van der Waals surface area contributed by atoms with Crippen LogP contribution in [-0.4, -0.2) is 30.1 Å². The first-order valence-corrected chi connectivity index (χ1v) is 8.05. The molecule has 1 saturated heterocycles. The summed E-state index contributed by atoms with van der Waals surface area (Å²) in [4.78, 5) is 14.4. The van der Waals surface area contributed by atoms with Gasteiger partial charge in [0.05, 0.1) is 13.0 Å². The number of rotatable bonds is 5.